The highest BCUT2D eigenvalue weighted by molar-refractivity contribution is 5.72. The van der Waals surface area contributed by atoms with Crippen LogP contribution in [0.5, 0.6) is 0 Å². The Hall–Kier alpha value is -2.60. The Balaban J connectivity index is 1.36. The van der Waals surface area contributed by atoms with Gasteiger partial charge in [0.25, 0.3) is 0 Å². The Kier molecular flexibility index (Phi) is 4.60. The van der Waals surface area contributed by atoms with E-state index in [1.807, 2.05) is 0 Å². The minimum Gasteiger partial charge on any atom is -0.0808 e. The average Bonchev–Trinajstić information content (AvgIpc) is 3.43. The number of benzene rings is 2. The van der Waals surface area contributed by atoms with Crippen LogP contribution in [0.4, 0.5) is 0 Å². The van der Waals surface area contributed by atoms with Crippen molar-refractivity contribution < 1.29 is 0 Å². The van der Waals surface area contributed by atoms with Crippen molar-refractivity contribution in [1.82, 2.24) is 0 Å². The monoisotopic (exact) mass is 390 g/mol. The van der Waals surface area contributed by atoms with Crippen LogP contribution < -0.4 is 0 Å². The third-order valence-electron chi connectivity index (χ3n) is 8.07. The summed E-state index contributed by atoms with van der Waals surface area (Å²) in [5, 5.41) is 0. The van der Waals surface area contributed by atoms with Crippen LogP contribution in [-0.2, 0) is 0 Å². The maximum atomic E-state index is 2.43. The van der Waals surface area contributed by atoms with Gasteiger partial charge in [-0.1, -0.05) is 97.1 Å². The summed E-state index contributed by atoms with van der Waals surface area (Å²) in [6, 6.07) is 18.5. The van der Waals surface area contributed by atoms with E-state index in [2.05, 4.69) is 97.1 Å². The molecule has 0 saturated heterocycles. The van der Waals surface area contributed by atoms with E-state index in [0.29, 0.717) is 11.8 Å². The van der Waals surface area contributed by atoms with E-state index in [1.54, 1.807) is 11.1 Å². The minimum absolute atomic E-state index is 0.661. The highest BCUT2D eigenvalue weighted by Gasteiger charge is 2.36. The first-order valence-electron chi connectivity index (χ1n) is 11.7. The predicted octanol–water partition coefficient (Wildman–Crippen LogP) is 7.83. The summed E-state index contributed by atoms with van der Waals surface area (Å²) >= 11 is 0. The molecule has 2 fully saturated rings. The van der Waals surface area contributed by atoms with Crippen LogP contribution in [0.15, 0.2) is 97.1 Å². The molecule has 0 radical (unpaired) electrons. The van der Waals surface area contributed by atoms with Crippen molar-refractivity contribution in [2.75, 3.05) is 0 Å². The van der Waals surface area contributed by atoms with Gasteiger partial charge in [0.1, 0.15) is 0 Å². The van der Waals surface area contributed by atoms with Crippen LogP contribution >= 0.6 is 0 Å². The molecule has 0 spiro atoms. The molecule has 0 aliphatic heterocycles. The molecule has 0 heteroatoms. The number of allylic oxidation sites excluding steroid dienone is 8. The Bertz CT molecular complexity index is 924. The second kappa shape index (κ2) is 7.58. The molecule has 6 rings (SSSR count). The third-order valence-corrected chi connectivity index (χ3v) is 8.07. The van der Waals surface area contributed by atoms with Crippen LogP contribution in [-0.4, -0.2) is 0 Å². The van der Waals surface area contributed by atoms with Gasteiger partial charge in [-0.15, -0.1) is 0 Å². The van der Waals surface area contributed by atoms with Gasteiger partial charge in [0.05, 0.1) is 0 Å². The molecule has 4 aliphatic rings. The van der Waals surface area contributed by atoms with E-state index in [4.69, 9.17) is 0 Å². The maximum Gasteiger partial charge on any atom is -0.0144 e. The zero-order valence-electron chi connectivity index (χ0n) is 17.5. The van der Waals surface area contributed by atoms with Gasteiger partial charge >= 0.3 is 0 Å². The second-order valence-corrected chi connectivity index (χ2v) is 9.71. The summed E-state index contributed by atoms with van der Waals surface area (Å²) in [4.78, 5) is 0. The zero-order valence-corrected chi connectivity index (χ0v) is 17.5. The fraction of sp³-hybridized carbons (Fsp3) is 0.333. The molecule has 0 nitrogen and oxygen atoms in total. The number of fused-ring (bicyclic) bond motifs is 2. The first-order valence-corrected chi connectivity index (χ1v) is 11.7. The summed E-state index contributed by atoms with van der Waals surface area (Å²) < 4.78 is 0. The second-order valence-electron chi connectivity index (χ2n) is 9.71. The quantitative estimate of drug-likeness (QED) is 0.501. The summed E-state index contributed by atoms with van der Waals surface area (Å²) in [6.45, 7) is 0. The fourth-order valence-electron chi connectivity index (χ4n) is 6.62. The summed E-state index contributed by atoms with van der Waals surface area (Å²) in [5.74, 6) is 4.21. The largest absolute Gasteiger partial charge is 0.0808 e. The molecule has 4 atom stereocenters. The highest BCUT2D eigenvalue weighted by atomic mass is 14.4. The SMILES string of the molecule is C1=CC2CC(c3ccccc3-c3ccccc3C3CC4C=CC=CC4C3)CC2C=C1. The average molecular weight is 391 g/mol. The topological polar surface area (TPSA) is 0 Å². The number of hydrogen-bond donors (Lipinski definition) is 0. The molecule has 0 aromatic heterocycles. The maximum absolute atomic E-state index is 2.43. The normalized spacial score (nSPS) is 33.6. The Morgan fingerprint density at radius 3 is 1.13 bits per heavy atom. The molecule has 4 unspecified atom stereocenters. The van der Waals surface area contributed by atoms with Gasteiger partial charge in [-0.3, -0.25) is 0 Å². The van der Waals surface area contributed by atoms with E-state index in [0.717, 1.165) is 23.7 Å². The zero-order chi connectivity index (χ0) is 19.9. The van der Waals surface area contributed by atoms with Crippen LogP contribution in [0.3, 0.4) is 0 Å². The van der Waals surface area contributed by atoms with E-state index in [9.17, 15) is 0 Å². The van der Waals surface area contributed by atoms with Gasteiger partial charge in [0.15, 0.2) is 0 Å². The Labute approximate surface area is 180 Å². The van der Waals surface area contributed by atoms with Gasteiger partial charge in [-0.25, -0.2) is 0 Å². The molecule has 2 saturated carbocycles. The van der Waals surface area contributed by atoms with Crippen LogP contribution in [0.1, 0.15) is 48.6 Å². The molecule has 4 aliphatic carbocycles. The van der Waals surface area contributed by atoms with Crippen molar-refractivity contribution >= 4 is 0 Å². The lowest BCUT2D eigenvalue weighted by Crippen LogP contribution is -2.03. The number of hydrogen-bond acceptors (Lipinski definition) is 0. The van der Waals surface area contributed by atoms with Crippen LogP contribution in [0.2, 0.25) is 0 Å². The first kappa shape index (κ1) is 18.2. The molecule has 150 valence electrons. The van der Waals surface area contributed by atoms with Crippen LogP contribution in [0.25, 0.3) is 11.1 Å². The van der Waals surface area contributed by atoms with Crippen molar-refractivity contribution in [3.8, 4) is 11.1 Å². The molecule has 0 N–H and O–H groups in total. The molecule has 0 bridgehead atoms. The molecular formula is C30H30. The molecule has 0 amide bonds. The van der Waals surface area contributed by atoms with Crippen LogP contribution in [0, 0.1) is 23.7 Å². The minimum atomic E-state index is 0.661. The molecular weight excluding hydrogens is 360 g/mol. The van der Waals surface area contributed by atoms with E-state index in [-0.39, 0.29) is 0 Å². The van der Waals surface area contributed by atoms with E-state index in [1.165, 1.54) is 36.8 Å². The molecule has 2 aromatic carbocycles. The molecule has 2 aromatic rings. The number of rotatable bonds is 3. The lowest BCUT2D eigenvalue weighted by molar-refractivity contribution is 0.552. The van der Waals surface area contributed by atoms with E-state index >= 15 is 0 Å². The predicted molar refractivity (Wildman–Crippen MR) is 126 cm³/mol. The van der Waals surface area contributed by atoms with E-state index < -0.39 is 0 Å². The van der Waals surface area contributed by atoms with Gasteiger partial charge in [0.2, 0.25) is 0 Å². The third kappa shape index (κ3) is 3.14. The fourth-order valence-corrected chi connectivity index (χ4v) is 6.62. The Morgan fingerprint density at radius 1 is 0.433 bits per heavy atom. The van der Waals surface area contributed by atoms with Crippen molar-refractivity contribution in [2.45, 2.75) is 37.5 Å². The molecule has 0 heterocycles. The van der Waals surface area contributed by atoms with Crippen molar-refractivity contribution in [2.24, 2.45) is 23.7 Å². The lowest BCUT2D eigenvalue weighted by Gasteiger charge is -2.21. The standard InChI is InChI=1S/C30H30/c1-2-10-22-18-25(17-21(22)9-1)27-13-5-7-15-29(27)30-16-8-6-14-28(30)26-19-23-11-3-4-12-24(23)20-26/h1-16,21-26H,17-20H2. The van der Waals surface area contributed by atoms with Gasteiger partial charge in [-0.2, -0.15) is 0 Å². The van der Waals surface area contributed by atoms with Gasteiger partial charge in [0, 0.05) is 0 Å². The first-order chi connectivity index (χ1) is 14.9. The van der Waals surface area contributed by atoms with Crippen molar-refractivity contribution in [3.63, 3.8) is 0 Å². The van der Waals surface area contributed by atoms with Gasteiger partial charge < -0.3 is 0 Å². The van der Waals surface area contributed by atoms with Gasteiger partial charge in [-0.05, 0) is 83.4 Å². The highest BCUT2D eigenvalue weighted by Crippen LogP contribution is 2.50. The summed E-state index contributed by atoms with van der Waals surface area (Å²) in [5.41, 5.74) is 6.09. The molecule has 30 heavy (non-hydrogen) atoms. The smallest absolute Gasteiger partial charge is 0.0144 e. The summed E-state index contributed by atoms with van der Waals surface area (Å²) in [6.07, 6.45) is 23.8. The lowest BCUT2D eigenvalue weighted by atomic mass is 9.83. The summed E-state index contributed by atoms with van der Waals surface area (Å²) in [7, 11) is 0. The van der Waals surface area contributed by atoms with Crippen molar-refractivity contribution in [1.29, 1.82) is 0 Å². The van der Waals surface area contributed by atoms with Crippen molar-refractivity contribution in [3.05, 3.63) is 108 Å². The Morgan fingerprint density at radius 2 is 0.767 bits per heavy atom.